The largest absolute Gasteiger partial charge is 0.508 e. The van der Waals surface area contributed by atoms with Crippen LogP contribution in [0, 0.1) is 12.7 Å². The van der Waals surface area contributed by atoms with Crippen LogP contribution in [0.2, 0.25) is 5.15 Å². The van der Waals surface area contributed by atoms with Crippen LogP contribution >= 0.6 is 11.6 Å². The van der Waals surface area contributed by atoms with Crippen molar-refractivity contribution in [3.63, 3.8) is 0 Å². The van der Waals surface area contributed by atoms with Gasteiger partial charge in [-0.25, -0.2) is 9.37 Å². The number of aryl methyl sites for hydroxylation is 1. The summed E-state index contributed by atoms with van der Waals surface area (Å²) in [4.78, 5) is 4.13. The zero-order valence-electron chi connectivity index (χ0n) is 10.6. The fourth-order valence-electron chi connectivity index (χ4n) is 1.87. The molecular weight excluding hydrogens is 267 g/mol. The van der Waals surface area contributed by atoms with E-state index in [4.69, 9.17) is 11.6 Å². The highest BCUT2D eigenvalue weighted by Crippen LogP contribution is 2.28. The Labute approximate surface area is 116 Å². The van der Waals surface area contributed by atoms with Crippen molar-refractivity contribution in [3.05, 3.63) is 52.6 Å². The van der Waals surface area contributed by atoms with Crippen molar-refractivity contribution in [2.24, 2.45) is 0 Å². The highest BCUT2D eigenvalue weighted by molar-refractivity contribution is 6.29. The summed E-state index contributed by atoms with van der Waals surface area (Å²) in [5.41, 5.74) is 2.03. The van der Waals surface area contributed by atoms with Gasteiger partial charge in [-0.15, -0.1) is 0 Å². The van der Waals surface area contributed by atoms with Gasteiger partial charge in [-0.3, -0.25) is 0 Å². The molecule has 2 aromatic rings. The van der Waals surface area contributed by atoms with Gasteiger partial charge in [-0.2, -0.15) is 0 Å². The van der Waals surface area contributed by atoms with Crippen LogP contribution in [0.1, 0.15) is 24.2 Å². The summed E-state index contributed by atoms with van der Waals surface area (Å²) in [6.07, 6.45) is 0. The number of hydrogen-bond donors (Lipinski definition) is 2. The van der Waals surface area contributed by atoms with E-state index >= 15 is 0 Å². The maximum atomic E-state index is 13.2. The van der Waals surface area contributed by atoms with Gasteiger partial charge in [-0.05, 0) is 44.2 Å². The molecule has 2 rings (SSSR count). The number of phenols is 1. The second kappa shape index (κ2) is 5.45. The normalized spacial score (nSPS) is 12.2. The summed E-state index contributed by atoms with van der Waals surface area (Å²) in [5.74, 6) is -0.326. The average molecular weight is 281 g/mol. The van der Waals surface area contributed by atoms with Gasteiger partial charge in [0.2, 0.25) is 0 Å². The van der Waals surface area contributed by atoms with Crippen LogP contribution in [0.3, 0.4) is 0 Å². The van der Waals surface area contributed by atoms with Gasteiger partial charge in [-0.1, -0.05) is 11.6 Å². The Kier molecular flexibility index (Phi) is 3.90. The summed E-state index contributed by atoms with van der Waals surface area (Å²) in [6, 6.07) is 7.10. The number of benzene rings is 1. The summed E-state index contributed by atoms with van der Waals surface area (Å²) in [6.45, 7) is 3.66. The lowest BCUT2D eigenvalue weighted by Crippen LogP contribution is -2.09. The van der Waals surface area contributed by atoms with Crippen molar-refractivity contribution in [1.82, 2.24) is 4.98 Å². The monoisotopic (exact) mass is 280 g/mol. The van der Waals surface area contributed by atoms with Crippen LogP contribution in [0.25, 0.3) is 0 Å². The van der Waals surface area contributed by atoms with E-state index in [1.165, 1.54) is 18.2 Å². The standard InChI is InChI=1S/C14H14ClFN2O/c1-8(11-7-10(16)3-5-13(11)19)17-12-4-6-14(15)18-9(12)2/h3-8,17,19H,1-2H3. The third-order valence-corrected chi connectivity index (χ3v) is 3.09. The second-order valence-electron chi connectivity index (χ2n) is 4.34. The number of halogens is 2. The van der Waals surface area contributed by atoms with Crippen LogP contribution < -0.4 is 5.32 Å². The summed E-state index contributed by atoms with van der Waals surface area (Å²) in [5, 5.41) is 13.3. The minimum Gasteiger partial charge on any atom is -0.508 e. The fourth-order valence-corrected chi connectivity index (χ4v) is 2.06. The minimum absolute atomic E-state index is 0.0565. The molecule has 0 aliphatic rings. The van der Waals surface area contributed by atoms with Crippen LogP contribution in [0.15, 0.2) is 30.3 Å². The van der Waals surface area contributed by atoms with E-state index in [0.29, 0.717) is 10.7 Å². The van der Waals surface area contributed by atoms with Crippen molar-refractivity contribution in [2.45, 2.75) is 19.9 Å². The van der Waals surface area contributed by atoms with E-state index in [0.717, 1.165) is 11.4 Å². The molecular formula is C14H14ClFN2O. The highest BCUT2D eigenvalue weighted by atomic mass is 35.5. The van der Waals surface area contributed by atoms with Crippen LogP contribution in [-0.4, -0.2) is 10.1 Å². The number of pyridine rings is 1. The molecule has 0 saturated carbocycles. The molecule has 0 spiro atoms. The molecule has 3 nitrogen and oxygen atoms in total. The number of nitrogens with one attached hydrogen (secondary N) is 1. The molecule has 0 aliphatic carbocycles. The first kappa shape index (κ1) is 13.6. The van der Waals surface area contributed by atoms with Crippen LogP contribution in [0.4, 0.5) is 10.1 Å². The molecule has 0 fully saturated rings. The van der Waals surface area contributed by atoms with E-state index in [2.05, 4.69) is 10.3 Å². The first-order valence-corrected chi connectivity index (χ1v) is 6.23. The van der Waals surface area contributed by atoms with Crippen molar-refractivity contribution < 1.29 is 9.50 Å². The van der Waals surface area contributed by atoms with E-state index in [-0.39, 0.29) is 17.6 Å². The van der Waals surface area contributed by atoms with E-state index in [1.54, 1.807) is 12.1 Å². The maximum absolute atomic E-state index is 13.2. The van der Waals surface area contributed by atoms with E-state index in [9.17, 15) is 9.50 Å². The van der Waals surface area contributed by atoms with Crippen molar-refractivity contribution in [1.29, 1.82) is 0 Å². The lowest BCUT2D eigenvalue weighted by Gasteiger charge is -2.18. The molecule has 100 valence electrons. The maximum Gasteiger partial charge on any atom is 0.129 e. The number of phenolic OH excluding ortho intramolecular Hbond substituents is 1. The van der Waals surface area contributed by atoms with Crippen molar-refractivity contribution in [2.75, 3.05) is 5.32 Å². The Morgan fingerprint density at radius 3 is 2.74 bits per heavy atom. The van der Waals surface area contributed by atoms with Gasteiger partial charge in [0, 0.05) is 5.56 Å². The van der Waals surface area contributed by atoms with Gasteiger partial charge in [0.15, 0.2) is 0 Å². The number of aromatic hydroxyl groups is 1. The quantitative estimate of drug-likeness (QED) is 0.834. The molecule has 1 unspecified atom stereocenters. The van der Waals surface area contributed by atoms with Gasteiger partial charge in [0.25, 0.3) is 0 Å². The molecule has 1 aromatic carbocycles. The number of aromatic nitrogens is 1. The van der Waals surface area contributed by atoms with Crippen molar-refractivity contribution >= 4 is 17.3 Å². The third-order valence-electron chi connectivity index (χ3n) is 2.88. The molecule has 0 amide bonds. The second-order valence-corrected chi connectivity index (χ2v) is 4.72. The lowest BCUT2D eigenvalue weighted by atomic mass is 10.1. The summed E-state index contributed by atoms with van der Waals surface area (Å²) >= 11 is 5.79. The predicted molar refractivity (Wildman–Crippen MR) is 74.1 cm³/mol. The van der Waals surface area contributed by atoms with E-state index in [1.807, 2.05) is 13.8 Å². The molecule has 0 radical (unpaired) electrons. The topological polar surface area (TPSA) is 45.2 Å². The summed E-state index contributed by atoms with van der Waals surface area (Å²) in [7, 11) is 0. The van der Waals surface area contributed by atoms with Gasteiger partial charge in [0.05, 0.1) is 17.4 Å². The molecule has 0 saturated heterocycles. The number of nitrogens with zero attached hydrogens (tertiary/aromatic N) is 1. The first-order valence-electron chi connectivity index (χ1n) is 5.85. The summed E-state index contributed by atoms with van der Waals surface area (Å²) < 4.78 is 13.2. The molecule has 1 aromatic heterocycles. The Balaban J connectivity index is 2.25. The Morgan fingerprint density at radius 2 is 2.05 bits per heavy atom. The zero-order valence-corrected chi connectivity index (χ0v) is 11.4. The van der Waals surface area contributed by atoms with Gasteiger partial charge in [0.1, 0.15) is 16.7 Å². The molecule has 19 heavy (non-hydrogen) atoms. The molecule has 0 bridgehead atoms. The van der Waals surface area contributed by atoms with Crippen LogP contribution in [0.5, 0.6) is 5.75 Å². The lowest BCUT2D eigenvalue weighted by molar-refractivity contribution is 0.462. The smallest absolute Gasteiger partial charge is 0.129 e. The first-order chi connectivity index (χ1) is 8.97. The Bertz CT molecular complexity index is 604. The Hall–Kier alpha value is -1.81. The van der Waals surface area contributed by atoms with Crippen LogP contribution in [-0.2, 0) is 0 Å². The van der Waals surface area contributed by atoms with Crippen molar-refractivity contribution in [3.8, 4) is 5.75 Å². The molecule has 1 atom stereocenters. The molecule has 2 N–H and O–H groups in total. The average Bonchev–Trinajstić information content (AvgIpc) is 2.35. The number of anilines is 1. The highest BCUT2D eigenvalue weighted by Gasteiger charge is 2.12. The van der Waals surface area contributed by atoms with E-state index < -0.39 is 0 Å². The van der Waals surface area contributed by atoms with Gasteiger partial charge < -0.3 is 10.4 Å². The molecule has 5 heteroatoms. The Morgan fingerprint density at radius 1 is 1.32 bits per heavy atom. The third kappa shape index (κ3) is 3.15. The number of hydrogen-bond acceptors (Lipinski definition) is 3. The number of rotatable bonds is 3. The van der Waals surface area contributed by atoms with Gasteiger partial charge >= 0.3 is 0 Å². The fraction of sp³-hybridized carbons (Fsp3) is 0.214. The zero-order chi connectivity index (χ0) is 14.0. The minimum atomic E-state index is -0.382. The molecule has 0 aliphatic heterocycles. The predicted octanol–water partition coefficient (Wildman–Crippen LogP) is 4.06. The SMILES string of the molecule is Cc1nc(Cl)ccc1NC(C)c1cc(F)ccc1O. The molecule has 1 heterocycles.